The van der Waals surface area contributed by atoms with Crippen molar-refractivity contribution < 1.29 is 28.4 Å². The minimum absolute atomic E-state index is 0.156. The molecule has 100 heavy (non-hydrogen) atoms. The molecule has 8 atom stereocenters. The Morgan fingerprint density at radius 1 is 0.270 bits per heavy atom. The highest BCUT2D eigenvalue weighted by atomic mass is 16.5. The van der Waals surface area contributed by atoms with Crippen LogP contribution in [0, 0.1) is 47.3 Å². The summed E-state index contributed by atoms with van der Waals surface area (Å²) < 4.78 is 36.5. The van der Waals surface area contributed by atoms with E-state index in [0.717, 1.165) is 112 Å². The molecule has 0 amide bonds. The first-order chi connectivity index (χ1) is 48.8. The Morgan fingerprint density at radius 3 is 0.750 bits per heavy atom. The number of hydrogen-bond donors (Lipinski definition) is 0. The van der Waals surface area contributed by atoms with Gasteiger partial charge in [0.05, 0.1) is 51.7 Å². The SMILES string of the molecule is CC(C)CCCC(C)CCCC(C)CCCC(C)CCOC(CN=[N+]=[N-])COCCCCCCCCCCCCCCCOc1ccc(-c2ccc(OCCCCCCCCCCCCCCCOCC(CN=[N+]=[N-])OCCC(C)CCCC(C)CCCC(C)CCCC(C)C)cc2)cc1. The summed E-state index contributed by atoms with van der Waals surface area (Å²) >= 11 is 0. The Labute approximate surface area is 617 Å². The van der Waals surface area contributed by atoms with Gasteiger partial charge >= 0.3 is 0 Å². The van der Waals surface area contributed by atoms with Gasteiger partial charge in [-0.2, -0.15) is 0 Å². The van der Waals surface area contributed by atoms with Crippen molar-refractivity contribution in [2.24, 2.45) is 57.6 Å². The largest absolute Gasteiger partial charge is 0.494 e. The van der Waals surface area contributed by atoms with E-state index >= 15 is 0 Å². The van der Waals surface area contributed by atoms with Crippen molar-refractivity contribution in [2.45, 2.75) is 377 Å². The molecule has 0 radical (unpaired) electrons. The number of hydrogen-bond acceptors (Lipinski definition) is 8. The molecule has 0 fully saturated rings. The predicted octanol–water partition coefficient (Wildman–Crippen LogP) is 28.6. The molecule has 0 aromatic heterocycles. The average molecular weight is 1400 g/mol. The first-order valence-corrected chi connectivity index (χ1v) is 42.6. The van der Waals surface area contributed by atoms with Crippen LogP contribution < -0.4 is 9.47 Å². The number of benzene rings is 2. The maximum atomic E-state index is 8.92. The molecule has 0 heterocycles. The Kier molecular flexibility index (Phi) is 62.4. The molecule has 8 unspecified atom stereocenters. The average Bonchev–Trinajstić information content (AvgIpc) is 0.875. The lowest BCUT2D eigenvalue weighted by Gasteiger charge is -2.19. The Morgan fingerprint density at radius 2 is 0.500 bits per heavy atom. The van der Waals surface area contributed by atoms with E-state index in [0.29, 0.717) is 51.4 Å². The Bertz CT molecular complexity index is 2020. The lowest BCUT2D eigenvalue weighted by Crippen LogP contribution is -2.24. The zero-order chi connectivity index (χ0) is 72.4. The Balaban J connectivity index is 1.35. The van der Waals surface area contributed by atoms with Gasteiger partial charge in [-0.05, 0) is 132 Å². The van der Waals surface area contributed by atoms with Crippen LogP contribution in [-0.2, 0) is 18.9 Å². The first-order valence-electron chi connectivity index (χ1n) is 42.6. The zero-order valence-corrected chi connectivity index (χ0v) is 67.1. The highest BCUT2D eigenvalue weighted by Gasteiger charge is 2.15. The lowest BCUT2D eigenvalue weighted by molar-refractivity contribution is -0.0162. The molecule has 0 N–H and O–H groups in total. The lowest BCUT2D eigenvalue weighted by atomic mass is 9.91. The van der Waals surface area contributed by atoms with Gasteiger partial charge in [0.15, 0.2) is 0 Å². The van der Waals surface area contributed by atoms with E-state index in [-0.39, 0.29) is 12.2 Å². The molecular formula is C88H160N6O6. The zero-order valence-electron chi connectivity index (χ0n) is 67.1. The molecule has 2 rings (SSSR count). The van der Waals surface area contributed by atoms with Crippen molar-refractivity contribution in [1.82, 2.24) is 0 Å². The molecule has 2 aromatic carbocycles. The summed E-state index contributed by atoms with van der Waals surface area (Å²) in [7, 11) is 0. The second-order valence-electron chi connectivity index (χ2n) is 32.5. The topological polar surface area (TPSA) is 153 Å². The second-order valence-corrected chi connectivity index (χ2v) is 32.5. The van der Waals surface area contributed by atoms with Crippen molar-refractivity contribution >= 4 is 0 Å². The maximum absolute atomic E-state index is 8.92. The number of nitrogens with zero attached hydrogens (tertiary/aromatic N) is 6. The van der Waals surface area contributed by atoms with E-state index in [1.165, 1.54) is 268 Å². The van der Waals surface area contributed by atoms with Crippen LogP contribution in [0.5, 0.6) is 11.5 Å². The molecule has 0 spiro atoms. The summed E-state index contributed by atoms with van der Waals surface area (Å²) in [6, 6.07) is 17.1. The summed E-state index contributed by atoms with van der Waals surface area (Å²) in [4.78, 5) is 5.96. The van der Waals surface area contributed by atoms with E-state index in [9.17, 15) is 0 Å². The van der Waals surface area contributed by atoms with Crippen LogP contribution in [0.15, 0.2) is 58.8 Å². The predicted molar refractivity (Wildman–Crippen MR) is 429 cm³/mol. The maximum Gasteiger partial charge on any atom is 0.119 e. The molecule has 578 valence electrons. The summed E-state index contributed by atoms with van der Waals surface area (Å²) in [6.45, 7) is 30.0. The fourth-order valence-corrected chi connectivity index (χ4v) is 14.1. The van der Waals surface area contributed by atoms with E-state index in [1.54, 1.807) is 0 Å². The highest BCUT2D eigenvalue weighted by Crippen LogP contribution is 2.28. The molecule has 0 aliphatic carbocycles. The molecule has 0 bridgehead atoms. The number of azide groups is 2. The fraction of sp³-hybridized carbons (Fsp3) is 0.864. The van der Waals surface area contributed by atoms with Gasteiger partial charge < -0.3 is 28.4 Å². The van der Waals surface area contributed by atoms with Gasteiger partial charge in [0.25, 0.3) is 0 Å². The first kappa shape index (κ1) is 92.6. The van der Waals surface area contributed by atoms with E-state index in [4.69, 9.17) is 39.5 Å². The van der Waals surface area contributed by atoms with Gasteiger partial charge in [-0.15, -0.1) is 0 Å². The highest BCUT2D eigenvalue weighted by molar-refractivity contribution is 5.64. The molecular weight excluding hydrogens is 1240 g/mol. The standard InChI is InChI=1S/C88H160N6O6/c1-75(2)43-37-45-77(5)47-39-49-79(7)51-41-53-81(9)63-69-99-87(71-91-93-89)73-95-65-33-29-25-21-17-13-11-15-19-23-27-31-35-67-97-85-59-55-83(56-60-85)84-57-61-86(62-58-84)98-68-36-32-28-24-20-16-12-14-18-22-26-30-34-66-96-74-88(72-92-94-90)100-70-64-82(10)54-42-52-80(8)50-40-48-78(6)46-38-44-76(3)4/h55-62,75-82,87-88H,11-54,63-74H2,1-10H3. The van der Waals surface area contributed by atoms with Gasteiger partial charge in [0.1, 0.15) is 11.5 Å². The smallest absolute Gasteiger partial charge is 0.119 e. The summed E-state index contributed by atoms with van der Waals surface area (Å²) in [5.41, 5.74) is 20.2. The van der Waals surface area contributed by atoms with Crippen LogP contribution in [0.25, 0.3) is 32.0 Å². The second kappa shape index (κ2) is 67.4. The van der Waals surface area contributed by atoms with Gasteiger partial charge in [-0.3, -0.25) is 0 Å². The molecule has 12 nitrogen and oxygen atoms in total. The van der Waals surface area contributed by atoms with Crippen LogP contribution in [0.1, 0.15) is 365 Å². The van der Waals surface area contributed by atoms with Crippen LogP contribution in [0.3, 0.4) is 0 Å². The Hall–Kier alpha value is -3.50. The van der Waals surface area contributed by atoms with Gasteiger partial charge in [0, 0.05) is 36.3 Å². The van der Waals surface area contributed by atoms with E-state index < -0.39 is 0 Å². The molecule has 0 saturated heterocycles. The third-order valence-electron chi connectivity index (χ3n) is 21.2. The molecule has 2 aromatic rings. The summed E-state index contributed by atoms with van der Waals surface area (Å²) in [6.07, 6.45) is 59.3. The monoisotopic (exact) mass is 1400 g/mol. The molecule has 0 saturated carbocycles. The third-order valence-corrected chi connectivity index (χ3v) is 21.2. The van der Waals surface area contributed by atoms with Gasteiger partial charge in [-0.1, -0.05) is 361 Å². The van der Waals surface area contributed by atoms with E-state index in [1.807, 2.05) is 0 Å². The molecule has 0 aliphatic rings. The van der Waals surface area contributed by atoms with Crippen LogP contribution in [-0.4, -0.2) is 78.2 Å². The number of ether oxygens (including phenoxy) is 6. The minimum Gasteiger partial charge on any atom is -0.494 e. The molecule has 0 aliphatic heterocycles. The van der Waals surface area contributed by atoms with Crippen molar-refractivity contribution in [3.8, 4) is 22.6 Å². The van der Waals surface area contributed by atoms with Gasteiger partial charge in [0.2, 0.25) is 0 Å². The van der Waals surface area contributed by atoms with Crippen LogP contribution in [0.4, 0.5) is 0 Å². The van der Waals surface area contributed by atoms with Crippen LogP contribution >= 0.6 is 0 Å². The fourth-order valence-electron chi connectivity index (χ4n) is 14.1. The van der Waals surface area contributed by atoms with E-state index in [2.05, 4.69) is 138 Å². The van der Waals surface area contributed by atoms with Crippen molar-refractivity contribution in [3.05, 3.63) is 69.4 Å². The normalized spacial score (nSPS) is 14.2. The van der Waals surface area contributed by atoms with Crippen LogP contribution in [0.2, 0.25) is 0 Å². The quantitative estimate of drug-likeness (QED) is 0.0278. The van der Waals surface area contributed by atoms with Crippen molar-refractivity contribution in [1.29, 1.82) is 0 Å². The number of rotatable bonds is 75. The summed E-state index contributed by atoms with van der Waals surface area (Å²) in [5.74, 6) is 8.25. The molecule has 12 heteroatoms. The summed E-state index contributed by atoms with van der Waals surface area (Å²) in [5, 5.41) is 7.61. The minimum atomic E-state index is -0.156. The van der Waals surface area contributed by atoms with Crippen molar-refractivity contribution in [3.63, 3.8) is 0 Å². The number of unbranched alkanes of at least 4 members (excludes halogenated alkanes) is 24. The van der Waals surface area contributed by atoms with Gasteiger partial charge in [-0.25, -0.2) is 0 Å². The third kappa shape index (κ3) is 58.8. The van der Waals surface area contributed by atoms with Crippen molar-refractivity contribution in [2.75, 3.05) is 65.9 Å².